The molecule has 0 aliphatic heterocycles. The predicted octanol–water partition coefficient (Wildman–Crippen LogP) is 3.64. The van der Waals surface area contributed by atoms with E-state index in [1.54, 1.807) is 31.2 Å². The molecule has 0 atom stereocenters. The third-order valence-corrected chi connectivity index (χ3v) is 3.85. The standard InChI is InChI=1S/C16H12ClF3N4O/c1-9-4-2-3-5-11(9)15(25)21-7-13-22-23-14-12(16(18,19)20)6-10(17)8-24(13)14/h2-6,8H,7H2,1H3,(H,21,25). The number of carbonyl (C=O) groups excluding carboxylic acids is 1. The Morgan fingerprint density at radius 3 is 2.68 bits per heavy atom. The fourth-order valence-corrected chi connectivity index (χ4v) is 2.62. The summed E-state index contributed by atoms with van der Waals surface area (Å²) in [5.74, 6) is -0.210. The third kappa shape index (κ3) is 3.43. The number of fused-ring (bicyclic) bond motifs is 1. The van der Waals surface area contributed by atoms with Crippen LogP contribution in [0.1, 0.15) is 27.3 Å². The molecular formula is C16H12ClF3N4O. The lowest BCUT2D eigenvalue weighted by molar-refractivity contribution is -0.136. The highest BCUT2D eigenvalue weighted by molar-refractivity contribution is 6.30. The first-order chi connectivity index (χ1) is 11.8. The van der Waals surface area contributed by atoms with Crippen LogP contribution in [-0.2, 0) is 12.7 Å². The minimum atomic E-state index is -4.61. The molecule has 0 bridgehead atoms. The number of nitrogens with one attached hydrogen (secondary N) is 1. The van der Waals surface area contributed by atoms with Gasteiger partial charge in [-0.2, -0.15) is 13.2 Å². The maximum absolute atomic E-state index is 13.1. The largest absolute Gasteiger partial charge is 0.420 e. The van der Waals surface area contributed by atoms with E-state index in [2.05, 4.69) is 15.5 Å². The second-order valence-electron chi connectivity index (χ2n) is 5.38. The van der Waals surface area contributed by atoms with Gasteiger partial charge in [-0.3, -0.25) is 9.20 Å². The van der Waals surface area contributed by atoms with Gasteiger partial charge in [-0.15, -0.1) is 10.2 Å². The number of pyridine rings is 1. The van der Waals surface area contributed by atoms with Gasteiger partial charge in [0.25, 0.3) is 5.91 Å². The van der Waals surface area contributed by atoms with E-state index >= 15 is 0 Å². The summed E-state index contributed by atoms with van der Waals surface area (Å²) in [6.45, 7) is 1.70. The van der Waals surface area contributed by atoms with Gasteiger partial charge in [-0.05, 0) is 24.6 Å². The van der Waals surface area contributed by atoms with Crippen molar-refractivity contribution in [3.05, 3.63) is 64.1 Å². The third-order valence-electron chi connectivity index (χ3n) is 3.64. The van der Waals surface area contributed by atoms with Crippen molar-refractivity contribution in [3.8, 4) is 0 Å². The van der Waals surface area contributed by atoms with Gasteiger partial charge in [-0.1, -0.05) is 29.8 Å². The summed E-state index contributed by atoms with van der Waals surface area (Å²) in [5, 5.41) is 9.84. The van der Waals surface area contributed by atoms with Crippen LogP contribution in [0.4, 0.5) is 13.2 Å². The summed E-state index contributed by atoms with van der Waals surface area (Å²) < 4.78 is 40.4. The quantitative estimate of drug-likeness (QED) is 0.767. The molecule has 0 saturated carbocycles. The van der Waals surface area contributed by atoms with Crippen LogP contribution in [-0.4, -0.2) is 20.5 Å². The van der Waals surface area contributed by atoms with Crippen molar-refractivity contribution in [2.75, 3.05) is 0 Å². The molecular weight excluding hydrogens is 357 g/mol. The number of amides is 1. The van der Waals surface area contributed by atoms with Crippen molar-refractivity contribution in [1.29, 1.82) is 0 Å². The summed E-state index contributed by atoms with van der Waals surface area (Å²) in [6.07, 6.45) is -3.33. The molecule has 25 heavy (non-hydrogen) atoms. The molecule has 2 aromatic heterocycles. The topological polar surface area (TPSA) is 59.3 Å². The smallest absolute Gasteiger partial charge is 0.345 e. The zero-order valence-corrected chi connectivity index (χ0v) is 13.7. The molecule has 0 radical (unpaired) electrons. The second-order valence-corrected chi connectivity index (χ2v) is 5.81. The van der Waals surface area contributed by atoms with Crippen LogP contribution in [0.3, 0.4) is 0 Å². The van der Waals surface area contributed by atoms with Gasteiger partial charge in [0.15, 0.2) is 11.5 Å². The number of carbonyl (C=O) groups is 1. The SMILES string of the molecule is Cc1ccccc1C(=O)NCc1nnc2c(C(F)(F)F)cc(Cl)cn12. The van der Waals surface area contributed by atoms with Crippen molar-refractivity contribution in [3.63, 3.8) is 0 Å². The Morgan fingerprint density at radius 1 is 1.28 bits per heavy atom. The normalized spacial score (nSPS) is 11.7. The van der Waals surface area contributed by atoms with Crippen LogP contribution in [0.25, 0.3) is 5.65 Å². The van der Waals surface area contributed by atoms with Crippen LogP contribution >= 0.6 is 11.6 Å². The van der Waals surface area contributed by atoms with E-state index in [9.17, 15) is 18.0 Å². The molecule has 5 nitrogen and oxygen atoms in total. The molecule has 3 rings (SSSR count). The molecule has 130 valence electrons. The molecule has 1 N–H and O–H groups in total. The molecule has 9 heteroatoms. The number of nitrogens with zero attached hydrogens (tertiary/aromatic N) is 3. The van der Waals surface area contributed by atoms with Gasteiger partial charge >= 0.3 is 6.18 Å². The van der Waals surface area contributed by atoms with Crippen LogP contribution in [0.15, 0.2) is 36.5 Å². The van der Waals surface area contributed by atoms with Crippen LogP contribution in [0.5, 0.6) is 0 Å². The number of hydrogen-bond donors (Lipinski definition) is 1. The van der Waals surface area contributed by atoms with E-state index in [0.29, 0.717) is 5.56 Å². The second kappa shape index (κ2) is 6.36. The monoisotopic (exact) mass is 368 g/mol. The number of benzene rings is 1. The Kier molecular flexibility index (Phi) is 4.38. The number of rotatable bonds is 3. The zero-order valence-electron chi connectivity index (χ0n) is 12.9. The fourth-order valence-electron chi connectivity index (χ4n) is 2.42. The summed E-state index contributed by atoms with van der Waals surface area (Å²) >= 11 is 5.77. The first kappa shape index (κ1) is 17.2. The first-order valence-electron chi connectivity index (χ1n) is 7.21. The average molecular weight is 369 g/mol. The van der Waals surface area contributed by atoms with Gasteiger partial charge in [-0.25, -0.2) is 0 Å². The Morgan fingerprint density at radius 2 is 2.00 bits per heavy atom. The highest BCUT2D eigenvalue weighted by atomic mass is 35.5. The average Bonchev–Trinajstić information content (AvgIpc) is 2.94. The lowest BCUT2D eigenvalue weighted by Crippen LogP contribution is -2.24. The molecule has 0 unspecified atom stereocenters. The number of hydrogen-bond acceptors (Lipinski definition) is 3. The molecule has 0 aliphatic rings. The maximum atomic E-state index is 13.1. The van der Waals surface area contributed by atoms with Crippen molar-refractivity contribution >= 4 is 23.2 Å². The van der Waals surface area contributed by atoms with E-state index in [4.69, 9.17) is 11.6 Å². The molecule has 0 fully saturated rings. The van der Waals surface area contributed by atoms with Gasteiger partial charge in [0.05, 0.1) is 11.6 Å². The molecule has 0 saturated heterocycles. The van der Waals surface area contributed by atoms with E-state index < -0.39 is 11.7 Å². The first-order valence-corrected chi connectivity index (χ1v) is 7.59. The minimum Gasteiger partial charge on any atom is -0.345 e. The molecule has 0 spiro atoms. The number of aromatic nitrogens is 3. The maximum Gasteiger partial charge on any atom is 0.420 e. The number of halogens is 4. The van der Waals surface area contributed by atoms with Crippen molar-refractivity contribution in [1.82, 2.24) is 19.9 Å². The Labute approximate surface area is 145 Å². The molecule has 1 aromatic carbocycles. The molecule has 1 amide bonds. The van der Waals surface area contributed by atoms with E-state index in [-0.39, 0.29) is 28.9 Å². The molecule has 2 heterocycles. The Bertz CT molecular complexity index is 952. The van der Waals surface area contributed by atoms with Crippen molar-refractivity contribution < 1.29 is 18.0 Å². The summed E-state index contributed by atoms with van der Waals surface area (Å²) in [6, 6.07) is 7.77. The highest BCUT2D eigenvalue weighted by Crippen LogP contribution is 2.33. The van der Waals surface area contributed by atoms with E-state index in [0.717, 1.165) is 16.0 Å². The Hall–Kier alpha value is -2.61. The van der Waals surface area contributed by atoms with Crippen LogP contribution < -0.4 is 5.32 Å². The van der Waals surface area contributed by atoms with Crippen molar-refractivity contribution in [2.24, 2.45) is 0 Å². The zero-order chi connectivity index (χ0) is 18.2. The number of aryl methyl sites for hydroxylation is 1. The van der Waals surface area contributed by atoms with E-state index in [1.807, 2.05) is 0 Å². The van der Waals surface area contributed by atoms with Crippen LogP contribution in [0, 0.1) is 6.92 Å². The lowest BCUT2D eigenvalue weighted by atomic mass is 10.1. The summed E-state index contributed by atoms with van der Waals surface area (Å²) in [5.41, 5.74) is -0.0835. The predicted molar refractivity (Wildman–Crippen MR) is 85.3 cm³/mol. The van der Waals surface area contributed by atoms with Gasteiger partial charge in [0.2, 0.25) is 0 Å². The minimum absolute atomic E-state index is 0.0913. The summed E-state index contributed by atoms with van der Waals surface area (Å²) in [4.78, 5) is 12.2. The Balaban J connectivity index is 1.89. The van der Waals surface area contributed by atoms with E-state index in [1.165, 1.54) is 6.20 Å². The molecule has 3 aromatic rings. The lowest BCUT2D eigenvalue weighted by Gasteiger charge is -2.09. The van der Waals surface area contributed by atoms with Gasteiger partial charge < -0.3 is 5.32 Å². The summed E-state index contributed by atoms with van der Waals surface area (Å²) in [7, 11) is 0. The van der Waals surface area contributed by atoms with Gasteiger partial charge in [0.1, 0.15) is 5.56 Å². The fraction of sp³-hybridized carbons (Fsp3) is 0.188. The van der Waals surface area contributed by atoms with Gasteiger partial charge in [0, 0.05) is 11.8 Å². The molecule has 0 aliphatic carbocycles. The van der Waals surface area contributed by atoms with Crippen molar-refractivity contribution in [2.45, 2.75) is 19.6 Å². The number of alkyl halides is 3. The van der Waals surface area contributed by atoms with Crippen LogP contribution in [0.2, 0.25) is 5.02 Å². The highest BCUT2D eigenvalue weighted by Gasteiger charge is 2.35.